The van der Waals surface area contributed by atoms with E-state index >= 15 is 0 Å². The summed E-state index contributed by atoms with van der Waals surface area (Å²) in [6.45, 7) is 1.86. The minimum Gasteiger partial charge on any atom is -0.454 e. The Hall–Kier alpha value is -3.06. The minimum atomic E-state index is -0.542. The van der Waals surface area contributed by atoms with Gasteiger partial charge < -0.3 is 14.8 Å². The van der Waals surface area contributed by atoms with Crippen molar-refractivity contribution in [1.82, 2.24) is 0 Å². The zero-order valence-corrected chi connectivity index (χ0v) is 13.9. The van der Waals surface area contributed by atoms with Gasteiger partial charge in [-0.15, -0.1) is 0 Å². The molecule has 0 atom stereocenters. The standard InChI is InChI=1S/C17H13ClN2O5/c1-10-2-4-12(7-13(10)18)19-17(21)5-3-11-6-15-16(25-9-24-15)8-14(11)20(22)23/h2-8H,9H2,1H3,(H,19,21). The van der Waals surface area contributed by atoms with Gasteiger partial charge >= 0.3 is 0 Å². The van der Waals surface area contributed by atoms with Crippen LogP contribution in [0.25, 0.3) is 6.08 Å². The fourth-order valence-corrected chi connectivity index (χ4v) is 2.44. The molecule has 3 rings (SSSR count). The molecule has 128 valence electrons. The third-order valence-electron chi connectivity index (χ3n) is 3.57. The molecular weight excluding hydrogens is 348 g/mol. The van der Waals surface area contributed by atoms with Gasteiger partial charge in [0.15, 0.2) is 11.5 Å². The average Bonchev–Trinajstić information content (AvgIpc) is 3.02. The molecule has 8 heteroatoms. The molecule has 0 fully saturated rings. The van der Waals surface area contributed by atoms with E-state index < -0.39 is 10.8 Å². The fraction of sp³-hybridized carbons (Fsp3) is 0.118. The number of nitrogens with one attached hydrogen (secondary N) is 1. The summed E-state index contributed by atoms with van der Waals surface area (Å²) in [6.07, 6.45) is 2.56. The maximum Gasteiger partial charge on any atom is 0.280 e. The molecule has 0 bridgehead atoms. The number of anilines is 1. The molecular formula is C17H13ClN2O5. The summed E-state index contributed by atoms with van der Waals surface area (Å²) in [5.74, 6) is 0.269. The maximum absolute atomic E-state index is 12.0. The van der Waals surface area contributed by atoms with Gasteiger partial charge in [0, 0.05) is 16.8 Å². The Bertz CT molecular complexity index is 895. The molecule has 7 nitrogen and oxygen atoms in total. The molecule has 2 aromatic rings. The van der Waals surface area contributed by atoms with Gasteiger partial charge in [0.25, 0.3) is 5.69 Å². The third-order valence-corrected chi connectivity index (χ3v) is 3.98. The van der Waals surface area contributed by atoms with E-state index in [-0.39, 0.29) is 18.0 Å². The quantitative estimate of drug-likeness (QED) is 0.506. The smallest absolute Gasteiger partial charge is 0.280 e. The highest BCUT2D eigenvalue weighted by molar-refractivity contribution is 6.31. The molecule has 1 N–H and O–H groups in total. The molecule has 1 heterocycles. The summed E-state index contributed by atoms with van der Waals surface area (Å²) < 4.78 is 10.3. The highest BCUT2D eigenvalue weighted by atomic mass is 35.5. The van der Waals surface area contributed by atoms with Gasteiger partial charge in [-0.05, 0) is 36.8 Å². The molecule has 2 aromatic carbocycles. The van der Waals surface area contributed by atoms with Crippen LogP contribution in [0.5, 0.6) is 11.5 Å². The lowest BCUT2D eigenvalue weighted by Gasteiger charge is -2.04. The number of hydrogen-bond acceptors (Lipinski definition) is 5. The Kier molecular flexibility index (Phi) is 4.58. The van der Waals surface area contributed by atoms with Gasteiger partial charge in [-0.3, -0.25) is 14.9 Å². The van der Waals surface area contributed by atoms with Crippen molar-refractivity contribution in [3.8, 4) is 11.5 Å². The number of rotatable bonds is 4. The summed E-state index contributed by atoms with van der Waals surface area (Å²) in [7, 11) is 0. The van der Waals surface area contributed by atoms with Crippen molar-refractivity contribution in [2.75, 3.05) is 12.1 Å². The van der Waals surface area contributed by atoms with Crippen LogP contribution in [-0.4, -0.2) is 17.6 Å². The third kappa shape index (κ3) is 3.72. The van der Waals surface area contributed by atoms with E-state index in [0.717, 1.165) is 5.56 Å². The van der Waals surface area contributed by atoms with Crippen LogP contribution in [-0.2, 0) is 4.79 Å². The van der Waals surface area contributed by atoms with Crippen LogP contribution >= 0.6 is 11.6 Å². The number of hydrogen-bond donors (Lipinski definition) is 1. The second-order valence-electron chi connectivity index (χ2n) is 5.31. The number of amides is 1. The predicted octanol–water partition coefficient (Wildman–Crippen LogP) is 3.94. The first-order valence-corrected chi connectivity index (χ1v) is 7.65. The van der Waals surface area contributed by atoms with Gasteiger partial charge in [-0.1, -0.05) is 17.7 Å². The molecule has 0 unspecified atom stereocenters. The number of benzene rings is 2. The van der Waals surface area contributed by atoms with Crippen LogP contribution in [0.1, 0.15) is 11.1 Å². The van der Waals surface area contributed by atoms with Gasteiger partial charge in [-0.25, -0.2) is 0 Å². The van der Waals surface area contributed by atoms with E-state index in [2.05, 4.69) is 5.32 Å². The fourth-order valence-electron chi connectivity index (χ4n) is 2.26. The van der Waals surface area contributed by atoms with Gasteiger partial charge in [0.2, 0.25) is 12.7 Å². The number of nitrogens with zero attached hydrogens (tertiary/aromatic N) is 1. The number of fused-ring (bicyclic) bond motifs is 1. The van der Waals surface area contributed by atoms with E-state index in [0.29, 0.717) is 22.2 Å². The number of aryl methyl sites for hydroxylation is 1. The monoisotopic (exact) mass is 360 g/mol. The summed E-state index contributed by atoms with van der Waals surface area (Å²) >= 11 is 6.01. The molecule has 1 amide bonds. The molecule has 0 saturated heterocycles. The van der Waals surface area contributed by atoms with Gasteiger partial charge in [-0.2, -0.15) is 0 Å². The van der Waals surface area contributed by atoms with Crippen LogP contribution < -0.4 is 14.8 Å². The lowest BCUT2D eigenvalue weighted by molar-refractivity contribution is -0.385. The first-order chi connectivity index (χ1) is 11.9. The molecule has 1 aliphatic rings. The van der Waals surface area contributed by atoms with Crippen molar-refractivity contribution in [2.45, 2.75) is 6.92 Å². The second-order valence-corrected chi connectivity index (χ2v) is 5.72. The molecule has 0 saturated carbocycles. The Morgan fingerprint density at radius 2 is 2.00 bits per heavy atom. The van der Waals surface area contributed by atoms with E-state index in [9.17, 15) is 14.9 Å². The lowest BCUT2D eigenvalue weighted by Crippen LogP contribution is -2.07. The van der Waals surface area contributed by atoms with Crippen molar-refractivity contribution in [2.24, 2.45) is 0 Å². The largest absolute Gasteiger partial charge is 0.454 e. The number of carbonyl (C=O) groups excluding carboxylic acids is 1. The van der Waals surface area contributed by atoms with Crippen molar-refractivity contribution in [3.05, 3.63) is 62.7 Å². The number of nitro groups is 1. The van der Waals surface area contributed by atoms with E-state index in [1.165, 1.54) is 24.3 Å². The first-order valence-electron chi connectivity index (χ1n) is 7.27. The van der Waals surface area contributed by atoms with Crippen LogP contribution in [0.2, 0.25) is 5.02 Å². The molecule has 0 aliphatic carbocycles. The predicted molar refractivity (Wildman–Crippen MR) is 93.1 cm³/mol. The Balaban J connectivity index is 1.80. The number of halogens is 1. The normalized spacial score (nSPS) is 12.4. The Morgan fingerprint density at radius 1 is 1.28 bits per heavy atom. The highest BCUT2D eigenvalue weighted by Crippen LogP contribution is 2.38. The highest BCUT2D eigenvalue weighted by Gasteiger charge is 2.22. The van der Waals surface area contributed by atoms with E-state index in [4.69, 9.17) is 21.1 Å². The summed E-state index contributed by atoms with van der Waals surface area (Å²) in [5.41, 5.74) is 1.50. The minimum absolute atomic E-state index is 0.00826. The molecule has 0 radical (unpaired) electrons. The van der Waals surface area contributed by atoms with Crippen molar-refractivity contribution >= 4 is 35.0 Å². The van der Waals surface area contributed by atoms with Crippen LogP contribution in [0.4, 0.5) is 11.4 Å². The van der Waals surface area contributed by atoms with Crippen LogP contribution in [0.3, 0.4) is 0 Å². The molecule has 25 heavy (non-hydrogen) atoms. The first kappa shape index (κ1) is 16.8. The SMILES string of the molecule is Cc1ccc(NC(=O)C=Cc2cc3c(cc2[N+](=O)[O-])OCO3)cc1Cl. The van der Waals surface area contributed by atoms with Gasteiger partial charge in [0.05, 0.1) is 16.6 Å². The zero-order valence-electron chi connectivity index (χ0n) is 13.1. The average molecular weight is 361 g/mol. The van der Waals surface area contributed by atoms with E-state index in [1.54, 1.807) is 18.2 Å². The summed E-state index contributed by atoms with van der Waals surface area (Å²) in [4.78, 5) is 22.7. The summed E-state index contributed by atoms with van der Waals surface area (Å²) in [5, 5.41) is 14.4. The number of ether oxygens (including phenoxy) is 2. The Morgan fingerprint density at radius 3 is 2.68 bits per heavy atom. The second kappa shape index (κ2) is 6.82. The zero-order chi connectivity index (χ0) is 18.0. The Labute approximate surface area is 148 Å². The molecule has 1 aliphatic heterocycles. The van der Waals surface area contributed by atoms with Crippen molar-refractivity contribution < 1.29 is 19.2 Å². The number of nitro benzene ring substituents is 1. The van der Waals surface area contributed by atoms with Crippen molar-refractivity contribution in [1.29, 1.82) is 0 Å². The van der Waals surface area contributed by atoms with Crippen molar-refractivity contribution in [3.63, 3.8) is 0 Å². The van der Waals surface area contributed by atoms with Crippen LogP contribution in [0.15, 0.2) is 36.4 Å². The topological polar surface area (TPSA) is 90.7 Å². The maximum atomic E-state index is 12.0. The van der Waals surface area contributed by atoms with Gasteiger partial charge in [0.1, 0.15) is 0 Å². The summed E-state index contributed by atoms with van der Waals surface area (Å²) in [6, 6.07) is 7.87. The van der Waals surface area contributed by atoms with Crippen LogP contribution in [0, 0.1) is 17.0 Å². The lowest BCUT2D eigenvalue weighted by atomic mass is 10.1. The molecule has 0 aromatic heterocycles. The van der Waals surface area contributed by atoms with E-state index in [1.807, 2.05) is 6.92 Å². The molecule has 0 spiro atoms. The number of carbonyl (C=O) groups is 1.